The Kier molecular flexibility index (Phi) is 7.09. The molecule has 0 bridgehead atoms. The minimum atomic E-state index is 0.430. The van der Waals surface area contributed by atoms with Gasteiger partial charge in [0.2, 0.25) is 0 Å². The molecule has 0 atom stereocenters. The molecule has 1 aromatic carbocycles. The number of ether oxygens (including phenoxy) is 1. The van der Waals surface area contributed by atoms with Gasteiger partial charge in [0.25, 0.3) is 0 Å². The minimum Gasteiger partial charge on any atom is -0.379 e. The zero-order valence-electron chi connectivity index (χ0n) is 13.0. The van der Waals surface area contributed by atoms with E-state index >= 15 is 0 Å². The maximum atomic E-state index is 5.86. The van der Waals surface area contributed by atoms with E-state index in [0.717, 1.165) is 12.3 Å². The number of anilines is 1. The Balaban J connectivity index is 2.41. The molecular weight excluding hydrogens is 250 g/mol. The van der Waals surface area contributed by atoms with Crippen molar-refractivity contribution in [2.45, 2.75) is 33.6 Å². The summed E-state index contributed by atoms with van der Waals surface area (Å²) in [5, 5.41) is 3.11. The van der Waals surface area contributed by atoms with Crippen molar-refractivity contribution in [2.24, 2.45) is 16.6 Å². The van der Waals surface area contributed by atoms with Gasteiger partial charge in [-0.05, 0) is 29.5 Å². The topological polar surface area (TPSA) is 59.6 Å². The van der Waals surface area contributed by atoms with Crippen LogP contribution in [0.3, 0.4) is 0 Å². The van der Waals surface area contributed by atoms with E-state index in [1.807, 2.05) is 12.1 Å². The molecule has 0 aromatic heterocycles. The van der Waals surface area contributed by atoms with Gasteiger partial charge in [-0.25, -0.2) is 0 Å². The number of nitrogens with two attached hydrogens (primary N) is 1. The lowest BCUT2D eigenvalue weighted by Crippen LogP contribution is -2.23. The van der Waals surface area contributed by atoms with Gasteiger partial charge in [0, 0.05) is 12.3 Å². The first-order valence-electron chi connectivity index (χ1n) is 7.23. The number of hydrogen-bond acceptors (Lipinski definition) is 2. The average molecular weight is 277 g/mol. The van der Waals surface area contributed by atoms with E-state index in [-0.39, 0.29) is 0 Å². The maximum Gasteiger partial charge on any atom is 0.193 e. The molecule has 0 aliphatic heterocycles. The first-order chi connectivity index (χ1) is 9.49. The molecule has 0 unspecified atom stereocenters. The van der Waals surface area contributed by atoms with Crippen molar-refractivity contribution < 1.29 is 4.74 Å². The highest BCUT2D eigenvalue weighted by Crippen LogP contribution is 2.18. The summed E-state index contributed by atoms with van der Waals surface area (Å²) in [5.41, 5.74) is 8.11. The van der Waals surface area contributed by atoms with Crippen molar-refractivity contribution in [3.63, 3.8) is 0 Å². The molecule has 0 spiro atoms. The summed E-state index contributed by atoms with van der Waals surface area (Å²) >= 11 is 0. The first kappa shape index (κ1) is 16.5. The van der Waals surface area contributed by atoms with Crippen LogP contribution in [-0.2, 0) is 4.74 Å². The SMILES string of the molecule is CC(C)COCCN=C(N)Nc1cccc(C(C)C)c1. The standard InChI is InChI=1S/C16H27N3O/c1-12(2)11-20-9-8-18-16(17)19-15-7-5-6-14(10-15)13(3)4/h5-7,10,12-13H,8-9,11H2,1-4H3,(H3,17,18,19). The number of nitrogens with one attached hydrogen (secondary N) is 1. The summed E-state index contributed by atoms with van der Waals surface area (Å²) in [4.78, 5) is 4.25. The fourth-order valence-electron chi connectivity index (χ4n) is 1.71. The maximum absolute atomic E-state index is 5.86. The zero-order valence-corrected chi connectivity index (χ0v) is 13.0. The molecule has 0 heterocycles. The van der Waals surface area contributed by atoms with Crippen molar-refractivity contribution in [3.05, 3.63) is 29.8 Å². The van der Waals surface area contributed by atoms with E-state index in [4.69, 9.17) is 10.5 Å². The predicted octanol–water partition coefficient (Wildman–Crippen LogP) is 3.21. The van der Waals surface area contributed by atoms with Crippen LogP contribution >= 0.6 is 0 Å². The van der Waals surface area contributed by atoms with E-state index in [1.165, 1.54) is 5.56 Å². The normalized spacial score (nSPS) is 12.2. The first-order valence-corrected chi connectivity index (χ1v) is 7.23. The van der Waals surface area contributed by atoms with Gasteiger partial charge in [0.1, 0.15) is 0 Å². The molecule has 3 N–H and O–H groups in total. The average Bonchev–Trinajstić information content (AvgIpc) is 2.38. The third-order valence-electron chi connectivity index (χ3n) is 2.79. The number of rotatable bonds is 7. The lowest BCUT2D eigenvalue weighted by atomic mass is 10.0. The molecular formula is C16H27N3O. The molecule has 4 nitrogen and oxygen atoms in total. The van der Waals surface area contributed by atoms with Crippen molar-refractivity contribution in [3.8, 4) is 0 Å². The Morgan fingerprint density at radius 1 is 1.30 bits per heavy atom. The van der Waals surface area contributed by atoms with E-state index in [2.05, 4.69) is 50.1 Å². The fraction of sp³-hybridized carbons (Fsp3) is 0.562. The Labute approximate surface area is 122 Å². The van der Waals surface area contributed by atoms with Crippen LogP contribution in [0, 0.1) is 5.92 Å². The molecule has 0 aliphatic rings. The zero-order chi connectivity index (χ0) is 15.0. The van der Waals surface area contributed by atoms with Crippen LogP contribution in [-0.4, -0.2) is 25.7 Å². The van der Waals surface area contributed by atoms with Crippen LogP contribution in [0.5, 0.6) is 0 Å². The fourth-order valence-corrected chi connectivity index (χ4v) is 1.71. The summed E-state index contributed by atoms with van der Waals surface area (Å²) in [6.45, 7) is 10.5. The number of nitrogens with zero attached hydrogens (tertiary/aromatic N) is 1. The highest BCUT2D eigenvalue weighted by molar-refractivity contribution is 5.92. The molecule has 4 heteroatoms. The van der Waals surface area contributed by atoms with Gasteiger partial charge in [-0.2, -0.15) is 0 Å². The molecule has 0 fully saturated rings. The number of guanidine groups is 1. The van der Waals surface area contributed by atoms with Crippen LogP contribution < -0.4 is 11.1 Å². The molecule has 1 rings (SSSR count). The monoisotopic (exact) mass is 277 g/mol. The summed E-state index contributed by atoms with van der Waals surface area (Å²) in [5.74, 6) is 1.48. The van der Waals surface area contributed by atoms with Gasteiger partial charge in [-0.1, -0.05) is 39.8 Å². The van der Waals surface area contributed by atoms with E-state index in [1.54, 1.807) is 0 Å². The minimum absolute atomic E-state index is 0.430. The molecule has 0 saturated carbocycles. The van der Waals surface area contributed by atoms with Gasteiger partial charge in [0.15, 0.2) is 5.96 Å². The van der Waals surface area contributed by atoms with Crippen molar-refractivity contribution in [1.29, 1.82) is 0 Å². The second kappa shape index (κ2) is 8.59. The summed E-state index contributed by atoms with van der Waals surface area (Å²) < 4.78 is 5.46. The van der Waals surface area contributed by atoms with Gasteiger partial charge < -0.3 is 15.8 Å². The predicted molar refractivity (Wildman–Crippen MR) is 86.3 cm³/mol. The van der Waals surface area contributed by atoms with Crippen LogP contribution in [0.2, 0.25) is 0 Å². The van der Waals surface area contributed by atoms with Crippen LogP contribution in [0.25, 0.3) is 0 Å². The highest BCUT2D eigenvalue weighted by Gasteiger charge is 2.01. The third-order valence-corrected chi connectivity index (χ3v) is 2.79. The largest absolute Gasteiger partial charge is 0.379 e. The molecule has 0 saturated heterocycles. The van der Waals surface area contributed by atoms with Crippen molar-refractivity contribution in [1.82, 2.24) is 0 Å². The Morgan fingerprint density at radius 2 is 2.05 bits per heavy atom. The lowest BCUT2D eigenvalue weighted by Gasteiger charge is -2.10. The smallest absolute Gasteiger partial charge is 0.193 e. The molecule has 112 valence electrons. The Bertz CT molecular complexity index is 427. The third kappa shape index (κ3) is 6.57. The second-order valence-electron chi connectivity index (χ2n) is 5.64. The van der Waals surface area contributed by atoms with E-state index in [0.29, 0.717) is 30.9 Å². The van der Waals surface area contributed by atoms with Gasteiger partial charge in [0.05, 0.1) is 13.2 Å². The molecule has 0 aliphatic carbocycles. The Hall–Kier alpha value is -1.55. The Morgan fingerprint density at radius 3 is 2.70 bits per heavy atom. The molecule has 0 radical (unpaired) electrons. The molecule has 20 heavy (non-hydrogen) atoms. The van der Waals surface area contributed by atoms with Gasteiger partial charge >= 0.3 is 0 Å². The molecule has 0 amide bonds. The summed E-state index contributed by atoms with van der Waals surface area (Å²) in [6.07, 6.45) is 0. The summed E-state index contributed by atoms with van der Waals surface area (Å²) in [6, 6.07) is 8.23. The van der Waals surface area contributed by atoms with Crippen LogP contribution in [0.4, 0.5) is 5.69 Å². The number of aliphatic imine (C=N–C) groups is 1. The molecule has 1 aromatic rings. The van der Waals surface area contributed by atoms with Crippen LogP contribution in [0.1, 0.15) is 39.2 Å². The number of hydrogen-bond donors (Lipinski definition) is 2. The highest BCUT2D eigenvalue weighted by atomic mass is 16.5. The van der Waals surface area contributed by atoms with Gasteiger partial charge in [-0.15, -0.1) is 0 Å². The van der Waals surface area contributed by atoms with Crippen molar-refractivity contribution >= 4 is 11.6 Å². The van der Waals surface area contributed by atoms with Gasteiger partial charge in [-0.3, -0.25) is 4.99 Å². The quantitative estimate of drug-likeness (QED) is 0.457. The van der Waals surface area contributed by atoms with Crippen LogP contribution in [0.15, 0.2) is 29.3 Å². The lowest BCUT2D eigenvalue weighted by molar-refractivity contribution is 0.117. The van der Waals surface area contributed by atoms with E-state index in [9.17, 15) is 0 Å². The van der Waals surface area contributed by atoms with E-state index < -0.39 is 0 Å². The van der Waals surface area contributed by atoms with Crippen molar-refractivity contribution in [2.75, 3.05) is 25.1 Å². The number of benzene rings is 1. The second-order valence-corrected chi connectivity index (χ2v) is 5.64. The summed E-state index contributed by atoms with van der Waals surface area (Å²) in [7, 11) is 0.